The molecule has 0 saturated heterocycles. The van der Waals surface area contributed by atoms with Crippen LogP contribution in [-0.2, 0) is 6.42 Å². The normalized spacial score (nSPS) is 12.1. The molecule has 0 saturated carbocycles. The molecule has 2 aromatic carbocycles. The van der Waals surface area contributed by atoms with Gasteiger partial charge in [-0.05, 0) is 48.4 Å². The van der Waals surface area contributed by atoms with Crippen LogP contribution in [0.1, 0.15) is 17.2 Å². The van der Waals surface area contributed by atoms with E-state index in [0.717, 1.165) is 12.2 Å². The summed E-state index contributed by atoms with van der Waals surface area (Å²) in [4.78, 5) is 0. The van der Waals surface area contributed by atoms with Crippen molar-refractivity contribution in [3.63, 3.8) is 0 Å². The van der Waals surface area contributed by atoms with E-state index in [9.17, 15) is 15.3 Å². The Bertz CT molecular complexity index is 578. The van der Waals surface area contributed by atoms with Crippen molar-refractivity contribution < 1.29 is 20.1 Å². The van der Waals surface area contributed by atoms with Crippen molar-refractivity contribution in [1.82, 2.24) is 5.32 Å². The highest BCUT2D eigenvalue weighted by Gasteiger charge is 2.09. The average Bonchev–Trinajstić information content (AvgIpc) is 2.51. The molecular weight excluding hydrogens is 282 g/mol. The van der Waals surface area contributed by atoms with Crippen LogP contribution in [0.3, 0.4) is 0 Å². The van der Waals surface area contributed by atoms with Crippen LogP contribution in [0.25, 0.3) is 0 Å². The molecule has 0 unspecified atom stereocenters. The van der Waals surface area contributed by atoms with E-state index in [1.165, 1.54) is 23.8 Å². The quantitative estimate of drug-likeness (QED) is 0.588. The zero-order valence-corrected chi connectivity index (χ0v) is 12.5. The summed E-state index contributed by atoms with van der Waals surface area (Å²) in [6.45, 7) is 1.06. The molecule has 4 N–H and O–H groups in total. The molecule has 2 aromatic rings. The van der Waals surface area contributed by atoms with Crippen molar-refractivity contribution in [1.29, 1.82) is 0 Å². The number of aromatic hydroxyl groups is 2. The average molecular weight is 303 g/mol. The van der Waals surface area contributed by atoms with Gasteiger partial charge in [0.2, 0.25) is 0 Å². The van der Waals surface area contributed by atoms with Crippen molar-refractivity contribution in [2.24, 2.45) is 0 Å². The summed E-state index contributed by atoms with van der Waals surface area (Å²) in [5.41, 5.74) is 1.66. The summed E-state index contributed by atoms with van der Waals surface area (Å²) in [6.07, 6.45) is 0.0519. The Morgan fingerprint density at radius 3 is 2.27 bits per heavy atom. The SMILES string of the molecule is COc1ccc(CCNC[C@H](O)c2cc(O)cc(O)c2)cc1. The minimum Gasteiger partial charge on any atom is -0.508 e. The predicted molar refractivity (Wildman–Crippen MR) is 84.3 cm³/mol. The van der Waals surface area contributed by atoms with Crippen molar-refractivity contribution in [3.8, 4) is 17.2 Å². The van der Waals surface area contributed by atoms with E-state index in [1.54, 1.807) is 7.11 Å². The van der Waals surface area contributed by atoms with Crippen LogP contribution in [0, 0.1) is 0 Å². The number of rotatable bonds is 7. The first-order valence-electron chi connectivity index (χ1n) is 7.13. The summed E-state index contributed by atoms with van der Waals surface area (Å²) < 4.78 is 5.11. The summed E-state index contributed by atoms with van der Waals surface area (Å²) in [5, 5.41) is 32.0. The summed E-state index contributed by atoms with van der Waals surface area (Å²) in [7, 11) is 1.64. The first-order valence-corrected chi connectivity index (χ1v) is 7.13. The van der Waals surface area contributed by atoms with Crippen LogP contribution in [0.2, 0.25) is 0 Å². The van der Waals surface area contributed by atoms with Crippen molar-refractivity contribution in [3.05, 3.63) is 53.6 Å². The number of phenols is 2. The fraction of sp³-hybridized carbons (Fsp3) is 0.294. The number of aliphatic hydroxyl groups excluding tert-OH is 1. The van der Waals surface area contributed by atoms with Gasteiger partial charge >= 0.3 is 0 Å². The van der Waals surface area contributed by atoms with Gasteiger partial charge in [-0.2, -0.15) is 0 Å². The molecule has 5 nitrogen and oxygen atoms in total. The molecule has 0 amide bonds. The molecule has 118 valence electrons. The number of ether oxygens (including phenoxy) is 1. The standard InChI is InChI=1S/C17H21NO4/c1-22-16-4-2-12(3-5-16)6-7-18-11-17(21)13-8-14(19)10-15(20)9-13/h2-5,8-10,17-21H,6-7,11H2,1H3/t17-/m0/s1. The third-order valence-electron chi connectivity index (χ3n) is 3.40. The summed E-state index contributed by atoms with van der Waals surface area (Å²) in [6, 6.07) is 12.0. The molecule has 0 radical (unpaired) electrons. The number of phenolic OH excluding ortho intramolecular Hbond substituents is 2. The van der Waals surface area contributed by atoms with Crippen LogP contribution < -0.4 is 10.1 Å². The molecule has 2 rings (SSSR count). The van der Waals surface area contributed by atoms with Crippen LogP contribution >= 0.6 is 0 Å². The maximum absolute atomic E-state index is 10.0. The maximum Gasteiger partial charge on any atom is 0.119 e. The first-order chi connectivity index (χ1) is 10.6. The number of nitrogens with one attached hydrogen (secondary N) is 1. The number of hydrogen-bond donors (Lipinski definition) is 4. The second kappa shape index (κ2) is 7.68. The van der Waals surface area contributed by atoms with Gasteiger partial charge in [-0.3, -0.25) is 0 Å². The van der Waals surface area contributed by atoms with Crippen LogP contribution in [0.15, 0.2) is 42.5 Å². The first kappa shape index (κ1) is 16.1. The van der Waals surface area contributed by atoms with Gasteiger partial charge in [0.25, 0.3) is 0 Å². The third kappa shape index (κ3) is 4.65. The molecular formula is C17H21NO4. The second-order valence-electron chi connectivity index (χ2n) is 5.10. The van der Waals surface area contributed by atoms with E-state index < -0.39 is 6.10 Å². The van der Waals surface area contributed by atoms with Gasteiger partial charge in [-0.25, -0.2) is 0 Å². The van der Waals surface area contributed by atoms with E-state index >= 15 is 0 Å². The molecule has 0 aliphatic heterocycles. The molecule has 0 fully saturated rings. The molecule has 0 aliphatic carbocycles. The van der Waals surface area contributed by atoms with Crippen LogP contribution in [0.5, 0.6) is 17.2 Å². The molecule has 22 heavy (non-hydrogen) atoms. The highest BCUT2D eigenvalue weighted by atomic mass is 16.5. The predicted octanol–water partition coefficient (Wildman–Crippen LogP) is 1.97. The van der Waals surface area contributed by atoms with Gasteiger partial charge in [-0.15, -0.1) is 0 Å². The fourth-order valence-electron chi connectivity index (χ4n) is 2.19. The monoisotopic (exact) mass is 303 g/mol. The number of benzene rings is 2. The smallest absolute Gasteiger partial charge is 0.119 e. The molecule has 0 aliphatic rings. The van der Waals surface area contributed by atoms with Gasteiger partial charge in [0, 0.05) is 12.6 Å². The van der Waals surface area contributed by atoms with E-state index in [4.69, 9.17) is 4.74 Å². The summed E-state index contributed by atoms with van der Waals surface area (Å²) >= 11 is 0. The van der Waals surface area contributed by atoms with Crippen LogP contribution in [-0.4, -0.2) is 35.5 Å². The minimum absolute atomic E-state index is 0.0627. The molecule has 0 bridgehead atoms. The number of methoxy groups -OCH3 is 1. The molecule has 0 heterocycles. The van der Waals surface area contributed by atoms with Crippen molar-refractivity contribution in [2.75, 3.05) is 20.2 Å². The molecule has 0 aromatic heterocycles. The summed E-state index contributed by atoms with van der Waals surface area (Å²) in [5.74, 6) is 0.704. The van der Waals surface area contributed by atoms with Gasteiger partial charge in [0.15, 0.2) is 0 Å². The topological polar surface area (TPSA) is 82.0 Å². The van der Waals surface area contributed by atoms with Gasteiger partial charge in [-0.1, -0.05) is 12.1 Å². The Morgan fingerprint density at radius 2 is 1.68 bits per heavy atom. The van der Waals surface area contributed by atoms with E-state index in [0.29, 0.717) is 18.7 Å². The Balaban J connectivity index is 1.77. The van der Waals surface area contributed by atoms with E-state index in [1.807, 2.05) is 24.3 Å². The van der Waals surface area contributed by atoms with Gasteiger partial charge in [0.05, 0.1) is 13.2 Å². The number of hydrogen-bond acceptors (Lipinski definition) is 5. The lowest BCUT2D eigenvalue weighted by molar-refractivity contribution is 0.174. The van der Waals surface area contributed by atoms with Gasteiger partial charge < -0.3 is 25.4 Å². The van der Waals surface area contributed by atoms with Crippen molar-refractivity contribution in [2.45, 2.75) is 12.5 Å². The molecule has 0 spiro atoms. The Kier molecular flexibility index (Phi) is 5.63. The van der Waals surface area contributed by atoms with Crippen molar-refractivity contribution >= 4 is 0 Å². The number of aliphatic hydroxyl groups is 1. The lowest BCUT2D eigenvalue weighted by Crippen LogP contribution is -2.23. The second-order valence-corrected chi connectivity index (χ2v) is 5.10. The Morgan fingerprint density at radius 1 is 1.05 bits per heavy atom. The zero-order valence-electron chi connectivity index (χ0n) is 12.5. The van der Waals surface area contributed by atoms with E-state index in [-0.39, 0.29) is 11.5 Å². The van der Waals surface area contributed by atoms with Gasteiger partial charge in [0.1, 0.15) is 17.2 Å². The molecule has 5 heteroatoms. The Hall–Kier alpha value is -2.24. The Labute approximate surface area is 129 Å². The minimum atomic E-state index is -0.783. The highest BCUT2D eigenvalue weighted by molar-refractivity contribution is 5.37. The largest absolute Gasteiger partial charge is 0.508 e. The lowest BCUT2D eigenvalue weighted by Gasteiger charge is -2.13. The zero-order chi connectivity index (χ0) is 15.9. The third-order valence-corrected chi connectivity index (χ3v) is 3.40. The van der Waals surface area contributed by atoms with E-state index in [2.05, 4.69) is 5.32 Å². The lowest BCUT2D eigenvalue weighted by atomic mass is 10.1. The molecule has 1 atom stereocenters. The highest BCUT2D eigenvalue weighted by Crippen LogP contribution is 2.24. The fourth-order valence-corrected chi connectivity index (χ4v) is 2.19. The van der Waals surface area contributed by atoms with Crippen LogP contribution in [0.4, 0.5) is 0 Å². The maximum atomic E-state index is 10.0.